The molecule has 0 N–H and O–H groups in total. The fourth-order valence-electron chi connectivity index (χ4n) is 11.6. The lowest BCUT2D eigenvalue weighted by Crippen LogP contribution is -2.29. The lowest BCUT2D eigenvalue weighted by Gasteiger charge is -2.35. The van der Waals surface area contributed by atoms with Crippen LogP contribution in [0, 0.1) is 0 Å². The molecule has 0 saturated carbocycles. The molecule has 66 heavy (non-hydrogen) atoms. The molecule has 0 spiro atoms. The normalized spacial score (nSPS) is 13.7. The van der Waals surface area contributed by atoms with Crippen molar-refractivity contribution in [2.24, 2.45) is 0 Å². The molecular formula is C64H43NO. The highest BCUT2D eigenvalue weighted by Crippen LogP contribution is 2.59. The summed E-state index contributed by atoms with van der Waals surface area (Å²) in [4.78, 5) is 2.47. The molecule has 13 rings (SSSR count). The van der Waals surface area contributed by atoms with Gasteiger partial charge < -0.3 is 9.32 Å². The Morgan fingerprint density at radius 1 is 0.288 bits per heavy atom. The van der Waals surface area contributed by atoms with E-state index in [4.69, 9.17) is 4.42 Å². The number of nitrogens with zero attached hydrogens (tertiary/aromatic N) is 1. The molecule has 0 amide bonds. The molecule has 0 radical (unpaired) electrons. The summed E-state index contributed by atoms with van der Waals surface area (Å²) in [5.41, 5.74) is 20.5. The van der Waals surface area contributed by atoms with E-state index in [1.807, 2.05) is 6.07 Å². The van der Waals surface area contributed by atoms with Gasteiger partial charge in [0.05, 0.1) is 17.1 Å². The Bertz CT molecular complexity index is 3510. The number of anilines is 3. The van der Waals surface area contributed by atoms with Gasteiger partial charge in [0.2, 0.25) is 0 Å². The van der Waals surface area contributed by atoms with Gasteiger partial charge in [-0.2, -0.15) is 0 Å². The van der Waals surface area contributed by atoms with Gasteiger partial charge in [0.25, 0.3) is 0 Å². The summed E-state index contributed by atoms with van der Waals surface area (Å²) < 4.78 is 5.75. The van der Waals surface area contributed by atoms with Crippen LogP contribution < -0.4 is 4.90 Å². The van der Waals surface area contributed by atoms with E-state index in [1.165, 1.54) is 66.8 Å². The lowest BCUT2D eigenvalue weighted by molar-refractivity contribution is 0.616. The minimum absolute atomic E-state index is 0.492. The van der Waals surface area contributed by atoms with Crippen molar-refractivity contribution in [3.05, 3.63) is 306 Å². The average Bonchev–Trinajstić information content (AvgIpc) is 4.08. The maximum atomic E-state index is 5.75. The van der Waals surface area contributed by atoms with Crippen molar-refractivity contribution < 1.29 is 4.42 Å². The summed E-state index contributed by atoms with van der Waals surface area (Å²) in [5, 5.41) is 1.09. The van der Waals surface area contributed by atoms with Crippen LogP contribution in [0.4, 0.5) is 17.1 Å². The molecule has 0 unspecified atom stereocenters. The Morgan fingerprint density at radius 3 is 1.38 bits per heavy atom. The third-order valence-corrected chi connectivity index (χ3v) is 14.3. The largest absolute Gasteiger partial charge is 0.464 e. The van der Waals surface area contributed by atoms with Crippen LogP contribution in [-0.4, -0.2) is 0 Å². The number of benzene rings is 10. The monoisotopic (exact) mass is 841 g/mol. The molecule has 2 heteroatoms. The molecule has 2 aliphatic rings. The predicted molar refractivity (Wildman–Crippen MR) is 271 cm³/mol. The zero-order chi connectivity index (χ0) is 43.7. The van der Waals surface area contributed by atoms with E-state index in [9.17, 15) is 0 Å². The maximum Gasteiger partial charge on any atom is 0.133 e. The first-order chi connectivity index (χ1) is 32.7. The van der Waals surface area contributed by atoms with Gasteiger partial charge in [0, 0.05) is 22.4 Å². The molecule has 0 aliphatic heterocycles. The average molecular weight is 842 g/mol. The van der Waals surface area contributed by atoms with E-state index in [0.29, 0.717) is 0 Å². The second-order valence-corrected chi connectivity index (χ2v) is 17.6. The third kappa shape index (κ3) is 5.55. The maximum absolute atomic E-state index is 5.75. The second kappa shape index (κ2) is 15.1. The summed E-state index contributed by atoms with van der Waals surface area (Å²) >= 11 is 0. The lowest BCUT2D eigenvalue weighted by atomic mass is 9.67. The van der Waals surface area contributed by atoms with Crippen LogP contribution in [0.2, 0.25) is 0 Å². The standard InChI is InChI=1S/C64H43NO/c1-5-19-47(20-6-1)63(48-21-7-2-8-22-48)59-31-16-14-29-55(59)57-42-52(34-36-60(57)63)65(51-27-17-18-44(41-51)45-32-37-62-46(40-45)38-39-66-62)53-33-35-56-54-28-13-15-30-58(54)64(61(56)43-53,49-23-9-3-10-24-49)50-25-11-4-12-26-50/h1-43H. The Morgan fingerprint density at radius 2 is 0.758 bits per heavy atom. The molecule has 0 saturated heterocycles. The van der Waals surface area contributed by atoms with Crippen molar-refractivity contribution >= 4 is 28.0 Å². The van der Waals surface area contributed by atoms with Crippen LogP contribution in [0.3, 0.4) is 0 Å². The topological polar surface area (TPSA) is 16.4 Å². The van der Waals surface area contributed by atoms with Gasteiger partial charge in [-0.25, -0.2) is 0 Å². The van der Waals surface area contributed by atoms with Crippen molar-refractivity contribution in [3.63, 3.8) is 0 Å². The number of hydrogen-bond donors (Lipinski definition) is 0. The predicted octanol–water partition coefficient (Wildman–Crippen LogP) is 16.3. The van der Waals surface area contributed by atoms with Crippen LogP contribution in [0.1, 0.15) is 44.5 Å². The van der Waals surface area contributed by atoms with Crippen LogP contribution in [0.5, 0.6) is 0 Å². The Balaban J connectivity index is 1.07. The number of rotatable bonds is 8. The van der Waals surface area contributed by atoms with E-state index in [1.54, 1.807) is 6.26 Å². The molecule has 2 nitrogen and oxygen atoms in total. The van der Waals surface area contributed by atoms with Gasteiger partial charge in [-0.15, -0.1) is 0 Å². The Kier molecular flexibility index (Phi) is 8.69. The SMILES string of the molecule is c1ccc(C2(c3ccccc3)c3ccccc3-c3cc(N(c4cccc(-c5ccc6occc6c5)c4)c4ccc5c(c4)C(c4ccccc4)(c4ccccc4)c4ccccc4-5)ccc32)cc1. The highest BCUT2D eigenvalue weighted by molar-refractivity contribution is 5.93. The smallest absolute Gasteiger partial charge is 0.133 e. The third-order valence-electron chi connectivity index (χ3n) is 14.3. The summed E-state index contributed by atoms with van der Waals surface area (Å²) in [7, 11) is 0. The molecule has 310 valence electrons. The summed E-state index contributed by atoms with van der Waals surface area (Å²) in [5.74, 6) is 0. The fraction of sp³-hybridized carbons (Fsp3) is 0.0312. The molecule has 2 aliphatic carbocycles. The summed E-state index contributed by atoms with van der Waals surface area (Å²) in [6, 6.07) is 94.1. The van der Waals surface area contributed by atoms with Gasteiger partial charge in [0.1, 0.15) is 5.58 Å². The quantitative estimate of drug-likeness (QED) is 0.152. The molecule has 0 atom stereocenters. The van der Waals surface area contributed by atoms with Gasteiger partial charge >= 0.3 is 0 Å². The summed E-state index contributed by atoms with van der Waals surface area (Å²) in [6.07, 6.45) is 1.76. The molecule has 0 fully saturated rings. The van der Waals surface area contributed by atoms with Crippen LogP contribution in [-0.2, 0) is 10.8 Å². The Hall–Kier alpha value is -8.46. The van der Waals surface area contributed by atoms with Crippen molar-refractivity contribution in [1.29, 1.82) is 0 Å². The molecule has 0 bridgehead atoms. The molecular weight excluding hydrogens is 799 g/mol. The van der Waals surface area contributed by atoms with Crippen molar-refractivity contribution in [3.8, 4) is 33.4 Å². The van der Waals surface area contributed by atoms with Gasteiger partial charge in [0.15, 0.2) is 0 Å². The van der Waals surface area contributed by atoms with Gasteiger partial charge in [-0.05, 0) is 132 Å². The highest BCUT2D eigenvalue weighted by Gasteiger charge is 2.48. The number of fused-ring (bicyclic) bond motifs is 7. The van der Waals surface area contributed by atoms with Gasteiger partial charge in [-0.1, -0.05) is 200 Å². The second-order valence-electron chi connectivity index (χ2n) is 17.6. The van der Waals surface area contributed by atoms with Crippen molar-refractivity contribution in [2.45, 2.75) is 10.8 Å². The first-order valence-corrected chi connectivity index (χ1v) is 22.8. The zero-order valence-electron chi connectivity index (χ0n) is 36.2. The molecule has 1 aromatic heterocycles. The van der Waals surface area contributed by atoms with Crippen molar-refractivity contribution in [2.75, 3.05) is 4.90 Å². The minimum atomic E-state index is -0.542. The first-order valence-electron chi connectivity index (χ1n) is 22.8. The van der Waals surface area contributed by atoms with E-state index in [-0.39, 0.29) is 0 Å². The number of hydrogen-bond acceptors (Lipinski definition) is 2. The number of furan rings is 1. The fourth-order valence-corrected chi connectivity index (χ4v) is 11.6. The van der Waals surface area contributed by atoms with E-state index in [2.05, 4.69) is 254 Å². The Labute approximate surface area is 385 Å². The molecule has 10 aromatic carbocycles. The van der Waals surface area contributed by atoms with Crippen molar-refractivity contribution in [1.82, 2.24) is 0 Å². The van der Waals surface area contributed by atoms with E-state index in [0.717, 1.165) is 39.2 Å². The van der Waals surface area contributed by atoms with Crippen LogP contribution >= 0.6 is 0 Å². The van der Waals surface area contributed by atoms with Crippen LogP contribution in [0.25, 0.3) is 44.3 Å². The van der Waals surface area contributed by atoms with Gasteiger partial charge in [-0.3, -0.25) is 0 Å². The molecule has 11 aromatic rings. The highest BCUT2D eigenvalue weighted by atomic mass is 16.3. The zero-order valence-corrected chi connectivity index (χ0v) is 36.2. The summed E-state index contributed by atoms with van der Waals surface area (Å²) in [6.45, 7) is 0. The first kappa shape index (κ1) is 38.0. The van der Waals surface area contributed by atoms with Crippen LogP contribution in [0.15, 0.2) is 265 Å². The van der Waals surface area contributed by atoms with E-state index >= 15 is 0 Å². The van der Waals surface area contributed by atoms with E-state index < -0.39 is 10.8 Å². The molecule has 1 heterocycles. The minimum Gasteiger partial charge on any atom is -0.464 e.